The lowest BCUT2D eigenvalue weighted by Gasteiger charge is -2.13. The molecule has 108 valence electrons. The van der Waals surface area contributed by atoms with Crippen LogP contribution in [0.5, 0.6) is 0 Å². The van der Waals surface area contributed by atoms with Crippen LogP contribution in [0.3, 0.4) is 0 Å². The lowest BCUT2D eigenvalue weighted by Crippen LogP contribution is -2.12. The Balaban J connectivity index is 2.31. The van der Waals surface area contributed by atoms with Gasteiger partial charge in [0.25, 0.3) is 0 Å². The van der Waals surface area contributed by atoms with Crippen molar-refractivity contribution < 1.29 is 17.6 Å². The zero-order valence-corrected chi connectivity index (χ0v) is 10.8. The first kappa shape index (κ1) is 13.5. The molecule has 0 N–H and O–H groups in total. The van der Waals surface area contributed by atoms with E-state index in [-0.39, 0.29) is 5.69 Å². The molecule has 0 saturated carbocycles. The Kier molecular flexibility index (Phi) is 2.93. The van der Waals surface area contributed by atoms with Gasteiger partial charge in [0, 0.05) is 11.6 Å². The van der Waals surface area contributed by atoms with Crippen molar-refractivity contribution in [3.63, 3.8) is 0 Å². The number of alkyl halides is 3. The van der Waals surface area contributed by atoms with Crippen LogP contribution in [-0.4, -0.2) is 14.8 Å². The fourth-order valence-electron chi connectivity index (χ4n) is 2.15. The second kappa shape index (κ2) is 4.54. The SMILES string of the molecule is Cc1ccnc2c1cnn2-c1ccc(F)cc1C(F)(F)F. The monoisotopic (exact) mass is 295 g/mol. The van der Waals surface area contributed by atoms with Crippen molar-refractivity contribution in [2.24, 2.45) is 0 Å². The molecule has 21 heavy (non-hydrogen) atoms. The second-order valence-corrected chi connectivity index (χ2v) is 4.58. The van der Waals surface area contributed by atoms with Crippen LogP contribution in [0.15, 0.2) is 36.7 Å². The lowest BCUT2D eigenvalue weighted by atomic mass is 10.1. The first-order chi connectivity index (χ1) is 9.88. The predicted molar refractivity (Wildman–Crippen MR) is 68.6 cm³/mol. The van der Waals surface area contributed by atoms with Crippen LogP contribution in [0, 0.1) is 12.7 Å². The quantitative estimate of drug-likeness (QED) is 0.638. The molecule has 1 aromatic carbocycles. The van der Waals surface area contributed by atoms with Gasteiger partial charge >= 0.3 is 6.18 Å². The van der Waals surface area contributed by atoms with E-state index in [4.69, 9.17) is 0 Å². The fraction of sp³-hybridized carbons (Fsp3) is 0.143. The Morgan fingerprint density at radius 1 is 1.14 bits per heavy atom. The van der Waals surface area contributed by atoms with Crippen molar-refractivity contribution in [2.75, 3.05) is 0 Å². The Bertz CT molecular complexity index is 821. The molecule has 0 aliphatic heterocycles. The second-order valence-electron chi connectivity index (χ2n) is 4.58. The fourth-order valence-corrected chi connectivity index (χ4v) is 2.15. The Labute approximate surface area is 116 Å². The molecular formula is C14H9F4N3. The molecule has 0 radical (unpaired) electrons. The molecule has 0 saturated heterocycles. The van der Waals surface area contributed by atoms with Gasteiger partial charge < -0.3 is 0 Å². The average Bonchev–Trinajstić information content (AvgIpc) is 2.83. The minimum absolute atomic E-state index is 0.253. The normalized spacial score (nSPS) is 12.0. The third-order valence-corrected chi connectivity index (χ3v) is 3.18. The summed E-state index contributed by atoms with van der Waals surface area (Å²) in [6.07, 6.45) is -1.74. The summed E-state index contributed by atoms with van der Waals surface area (Å²) in [6.45, 7) is 1.81. The molecule has 0 amide bonds. The van der Waals surface area contributed by atoms with Crippen LogP contribution in [0.2, 0.25) is 0 Å². The van der Waals surface area contributed by atoms with Crippen LogP contribution in [0.1, 0.15) is 11.1 Å². The number of hydrogen-bond acceptors (Lipinski definition) is 2. The minimum atomic E-state index is -4.68. The number of rotatable bonds is 1. The van der Waals surface area contributed by atoms with Crippen molar-refractivity contribution in [2.45, 2.75) is 13.1 Å². The van der Waals surface area contributed by atoms with E-state index < -0.39 is 17.6 Å². The van der Waals surface area contributed by atoms with Crippen LogP contribution in [-0.2, 0) is 6.18 Å². The van der Waals surface area contributed by atoms with Gasteiger partial charge in [-0.25, -0.2) is 14.1 Å². The van der Waals surface area contributed by atoms with E-state index in [1.807, 2.05) is 6.92 Å². The number of pyridine rings is 1. The predicted octanol–water partition coefficient (Wildman–Crippen LogP) is 3.89. The largest absolute Gasteiger partial charge is 0.418 e. The van der Waals surface area contributed by atoms with E-state index in [9.17, 15) is 17.6 Å². The van der Waals surface area contributed by atoms with Crippen LogP contribution in [0.4, 0.5) is 17.6 Å². The summed E-state index contributed by atoms with van der Waals surface area (Å²) < 4.78 is 53.4. The number of halogens is 4. The van der Waals surface area contributed by atoms with Gasteiger partial charge in [0.15, 0.2) is 5.65 Å². The van der Waals surface area contributed by atoms with E-state index in [1.165, 1.54) is 12.4 Å². The van der Waals surface area contributed by atoms with Gasteiger partial charge in [-0.05, 0) is 36.8 Å². The molecule has 2 heterocycles. The Morgan fingerprint density at radius 3 is 2.62 bits per heavy atom. The van der Waals surface area contributed by atoms with Gasteiger partial charge in [0.05, 0.1) is 17.4 Å². The van der Waals surface area contributed by atoms with E-state index >= 15 is 0 Å². The van der Waals surface area contributed by atoms with Crippen molar-refractivity contribution in [3.05, 3.63) is 53.6 Å². The maximum Gasteiger partial charge on any atom is 0.418 e. The topological polar surface area (TPSA) is 30.7 Å². The standard InChI is InChI=1S/C14H9F4N3/c1-8-4-5-19-13-10(8)7-20-21(13)12-3-2-9(15)6-11(12)14(16,17)18/h2-7H,1H3. The highest BCUT2D eigenvalue weighted by Gasteiger charge is 2.35. The molecule has 3 nitrogen and oxygen atoms in total. The molecule has 7 heteroatoms. The number of aryl methyl sites for hydroxylation is 1. The zero-order valence-electron chi connectivity index (χ0n) is 10.8. The highest BCUT2D eigenvalue weighted by atomic mass is 19.4. The van der Waals surface area contributed by atoms with Gasteiger partial charge in [0.1, 0.15) is 5.82 Å². The van der Waals surface area contributed by atoms with Crippen molar-refractivity contribution in [1.82, 2.24) is 14.8 Å². The number of aromatic nitrogens is 3. The van der Waals surface area contributed by atoms with Crippen molar-refractivity contribution in [3.8, 4) is 5.69 Å². The molecule has 3 rings (SSSR count). The summed E-state index contributed by atoms with van der Waals surface area (Å²) in [4.78, 5) is 4.06. The smallest absolute Gasteiger partial charge is 0.237 e. The van der Waals surface area contributed by atoms with Gasteiger partial charge in [-0.2, -0.15) is 18.3 Å². The molecule has 0 spiro atoms. The lowest BCUT2D eigenvalue weighted by molar-refractivity contribution is -0.137. The van der Waals surface area contributed by atoms with Crippen LogP contribution in [0.25, 0.3) is 16.7 Å². The highest BCUT2D eigenvalue weighted by Crippen LogP contribution is 2.35. The third kappa shape index (κ3) is 2.24. The third-order valence-electron chi connectivity index (χ3n) is 3.18. The maximum absolute atomic E-state index is 13.2. The summed E-state index contributed by atoms with van der Waals surface area (Å²) >= 11 is 0. The van der Waals surface area contributed by atoms with Crippen LogP contribution < -0.4 is 0 Å². The molecule has 0 atom stereocenters. The van der Waals surface area contributed by atoms with Crippen molar-refractivity contribution >= 4 is 11.0 Å². The minimum Gasteiger partial charge on any atom is -0.237 e. The highest BCUT2D eigenvalue weighted by molar-refractivity contribution is 5.79. The molecule has 2 aromatic heterocycles. The summed E-state index contributed by atoms with van der Waals surface area (Å²) in [6, 6.07) is 4.21. The molecule has 0 aliphatic rings. The molecule has 3 aromatic rings. The van der Waals surface area contributed by atoms with Crippen LogP contribution >= 0.6 is 0 Å². The van der Waals surface area contributed by atoms with Gasteiger partial charge in [-0.15, -0.1) is 0 Å². The average molecular weight is 295 g/mol. The Morgan fingerprint density at radius 2 is 1.90 bits per heavy atom. The van der Waals surface area contributed by atoms with E-state index in [1.54, 1.807) is 6.07 Å². The molecule has 0 unspecified atom stereocenters. The molecule has 0 bridgehead atoms. The first-order valence-electron chi connectivity index (χ1n) is 6.04. The maximum atomic E-state index is 13.2. The van der Waals surface area contributed by atoms with E-state index in [0.717, 1.165) is 22.4 Å². The number of hydrogen-bond donors (Lipinski definition) is 0. The van der Waals surface area contributed by atoms with Gasteiger partial charge in [0.2, 0.25) is 0 Å². The van der Waals surface area contributed by atoms with Gasteiger partial charge in [-0.1, -0.05) is 0 Å². The number of benzene rings is 1. The van der Waals surface area contributed by atoms with Gasteiger partial charge in [-0.3, -0.25) is 0 Å². The van der Waals surface area contributed by atoms with Crippen molar-refractivity contribution in [1.29, 1.82) is 0 Å². The number of nitrogens with zero attached hydrogens (tertiary/aromatic N) is 3. The first-order valence-corrected chi connectivity index (χ1v) is 6.04. The molecule has 0 aliphatic carbocycles. The molecule has 0 fully saturated rings. The number of fused-ring (bicyclic) bond motifs is 1. The summed E-state index contributed by atoms with van der Waals surface area (Å²) in [7, 11) is 0. The summed E-state index contributed by atoms with van der Waals surface area (Å²) in [5.74, 6) is -0.952. The van der Waals surface area contributed by atoms with E-state index in [2.05, 4.69) is 10.1 Å². The molecular weight excluding hydrogens is 286 g/mol. The summed E-state index contributed by atoms with van der Waals surface area (Å²) in [5.41, 5.74) is -0.193. The zero-order chi connectivity index (χ0) is 15.2. The summed E-state index contributed by atoms with van der Waals surface area (Å²) in [5, 5.41) is 4.61. The Hall–Kier alpha value is -2.44. The van der Waals surface area contributed by atoms with E-state index in [0.29, 0.717) is 17.1 Å².